The maximum absolute atomic E-state index is 12.0. The Morgan fingerprint density at radius 3 is 2.65 bits per heavy atom. The van der Waals surface area contributed by atoms with Gasteiger partial charge < -0.3 is 19.7 Å². The molecule has 0 spiro atoms. The third-order valence-electron chi connectivity index (χ3n) is 5.51. The Hall–Kier alpha value is -1.66. The van der Waals surface area contributed by atoms with Gasteiger partial charge >= 0.3 is 11.9 Å². The van der Waals surface area contributed by atoms with Crippen LogP contribution in [0.4, 0.5) is 0 Å². The predicted octanol–water partition coefficient (Wildman–Crippen LogP) is 0.724. The van der Waals surface area contributed by atoms with E-state index in [-0.39, 0.29) is 23.8 Å². The molecule has 2 saturated carbocycles. The molecule has 0 unspecified atom stereocenters. The first-order valence-electron chi connectivity index (χ1n) is 7.79. The predicted molar refractivity (Wildman–Crippen MR) is 80.0 cm³/mol. The number of hydrogen-bond donors (Lipinski definition) is 2. The second kappa shape index (κ2) is 5.18. The van der Waals surface area contributed by atoms with E-state index in [4.69, 9.17) is 9.47 Å². The molecule has 3 aliphatic rings. The molecule has 0 aromatic rings. The average molecular weight is 322 g/mol. The highest BCUT2D eigenvalue weighted by molar-refractivity contribution is 5.91. The molecular formula is C17H22O6. The van der Waals surface area contributed by atoms with Crippen molar-refractivity contribution in [2.24, 2.45) is 17.8 Å². The van der Waals surface area contributed by atoms with Crippen molar-refractivity contribution in [1.82, 2.24) is 0 Å². The van der Waals surface area contributed by atoms with Crippen LogP contribution in [-0.4, -0.2) is 46.1 Å². The molecule has 126 valence electrons. The third-order valence-corrected chi connectivity index (χ3v) is 5.51. The fourth-order valence-electron chi connectivity index (χ4n) is 4.45. The molecule has 3 rings (SSSR count). The molecule has 0 bridgehead atoms. The van der Waals surface area contributed by atoms with E-state index in [1.807, 2.05) is 0 Å². The van der Waals surface area contributed by atoms with Crippen LogP contribution in [-0.2, 0) is 19.1 Å². The van der Waals surface area contributed by atoms with Gasteiger partial charge in [0.1, 0.15) is 12.2 Å². The van der Waals surface area contributed by atoms with Gasteiger partial charge in [-0.1, -0.05) is 13.2 Å². The van der Waals surface area contributed by atoms with Crippen LogP contribution in [0.2, 0.25) is 0 Å². The third kappa shape index (κ3) is 2.40. The zero-order chi connectivity index (χ0) is 17.1. The van der Waals surface area contributed by atoms with Crippen molar-refractivity contribution in [3.05, 3.63) is 24.3 Å². The summed E-state index contributed by atoms with van der Waals surface area (Å²) in [6, 6.07) is 0. The van der Waals surface area contributed by atoms with Crippen molar-refractivity contribution in [2.75, 3.05) is 0 Å². The number of ether oxygens (including phenoxy) is 2. The normalized spacial score (nSPS) is 46.0. The quantitative estimate of drug-likeness (QED) is 0.420. The first-order valence-corrected chi connectivity index (χ1v) is 7.79. The minimum atomic E-state index is -1.18. The average Bonchev–Trinajstić information content (AvgIpc) is 2.84. The van der Waals surface area contributed by atoms with Crippen LogP contribution in [0.1, 0.15) is 26.7 Å². The molecule has 7 atom stereocenters. The van der Waals surface area contributed by atoms with Crippen LogP contribution in [0.15, 0.2) is 24.3 Å². The van der Waals surface area contributed by atoms with E-state index in [9.17, 15) is 19.8 Å². The minimum absolute atomic E-state index is 0.157. The van der Waals surface area contributed by atoms with Crippen LogP contribution < -0.4 is 0 Å². The molecule has 3 fully saturated rings. The van der Waals surface area contributed by atoms with Gasteiger partial charge in [0.05, 0.1) is 17.6 Å². The van der Waals surface area contributed by atoms with Gasteiger partial charge in [-0.3, -0.25) is 4.79 Å². The van der Waals surface area contributed by atoms with Crippen molar-refractivity contribution >= 4 is 11.9 Å². The fraction of sp³-hybridized carbons (Fsp3) is 0.647. The summed E-state index contributed by atoms with van der Waals surface area (Å²) in [5, 5.41) is 21.1. The number of carbonyl (C=O) groups is 2. The first-order chi connectivity index (χ1) is 10.6. The first kappa shape index (κ1) is 16.2. The Kier molecular flexibility index (Phi) is 3.65. The molecule has 1 aliphatic heterocycles. The molecule has 0 aromatic carbocycles. The van der Waals surface area contributed by atoms with E-state index in [0.717, 1.165) is 0 Å². The van der Waals surface area contributed by atoms with E-state index in [0.29, 0.717) is 12.0 Å². The van der Waals surface area contributed by atoms with Gasteiger partial charge in [0.15, 0.2) is 0 Å². The summed E-state index contributed by atoms with van der Waals surface area (Å²) in [6.45, 7) is 10.7. The van der Waals surface area contributed by atoms with E-state index in [2.05, 4.69) is 13.2 Å². The second-order valence-corrected chi connectivity index (χ2v) is 7.09. The molecule has 0 aromatic heterocycles. The lowest BCUT2D eigenvalue weighted by atomic mass is 9.78. The van der Waals surface area contributed by atoms with Crippen LogP contribution in [0.3, 0.4) is 0 Å². The van der Waals surface area contributed by atoms with Gasteiger partial charge in [-0.15, -0.1) is 0 Å². The lowest BCUT2D eigenvalue weighted by molar-refractivity contribution is -0.152. The van der Waals surface area contributed by atoms with Crippen molar-refractivity contribution in [2.45, 2.75) is 50.6 Å². The summed E-state index contributed by atoms with van der Waals surface area (Å²) in [4.78, 5) is 23.5. The van der Waals surface area contributed by atoms with Gasteiger partial charge in [0.25, 0.3) is 0 Å². The number of aliphatic hydroxyl groups excluding tert-OH is 1. The van der Waals surface area contributed by atoms with Crippen molar-refractivity contribution in [1.29, 1.82) is 0 Å². The molecule has 6 heteroatoms. The largest absolute Gasteiger partial charge is 0.462 e. The molecule has 0 radical (unpaired) electrons. The highest BCUT2D eigenvalue weighted by Crippen LogP contribution is 2.54. The summed E-state index contributed by atoms with van der Waals surface area (Å²) >= 11 is 0. The topological polar surface area (TPSA) is 93.1 Å². The lowest BCUT2D eigenvalue weighted by Gasteiger charge is -2.33. The highest BCUT2D eigenvalue weighted by Gasteiger charge is 2.60. The van der Waals surface area contributed by atoms with Gasteiger partial charge in [0, 0.05) is 30.8 Å². The molecule has 6 nitrogen and oxygen atoms in total. The Bertz CT molecular complexity index is 592. The highest BCUT2D eigenvalue weighted by atomic mass is 16.6. The van der Waals surface area contributed by atoms with Gasteiger partial charge in [-0.2, -0.15) is 0 Å². The molecule has 1 heterocycles. The molecular weight excluding hydrogens is 300 g/mol. The number of carbonyl (C=O) groups excluding carboxylic acids is 2. The minimum Gasteiger partial charge on any atom is -0.462 e. The summed E-state index contributed by atoms with van der Waals surface area (Å²) in [6.07, 6.45) is -1.55. The Balaban J connectivity index is 2.07. The number of aliphatic hydroxyl groups is 2. The van der Waals surface area contributed by atoms with Crippen molar-refractivity contribution < 1.29 is 29.3 Å². The molecule has 2 aliphatic carbocycles. The molecule has 0 amide bonds. The number of esters is 2. The summed E-state index contributed by atoms with van der Waals surface area (Å²) in [7, 11) is 0. The van der Waals surface area contributed by atoms with E-state index < -0.39 is 41.8 Å². The van der Waals surface area contributed by atoms with Crippen molar-refractivity contribution in [3.63, 3.8) is 0 Å². The molecule has 1 saturated heterocycles. The standard InChI is InChI=1S/C17H22O6/c1-7-11(19)5-10-13(7)15-14(8(2)16(20)23-15)12(22-9(3)18)6-17(10,4)21/h10-15,19,21H,1-2,5-6H2,3-4H3/t10-,11-,12+,13+,14-,15-,17-/m1/s1. The Morgan fingerprint density at radius 2 is 2.04 bits per heavy atom. The van der Waals surface area contributed by atoms with Gasteiger partial charge in [-0.05, 0) is 18.9 Å². The zero-order valence-electron chi connectivity index (χ0n) is 13.3. The van der Waals surface area contributed by atoms with Crippen molar-refractivity contribution in [3.8, 4) is 0 Å². The van der Waals surface area contributed by atoms with Gasteiger partial charge in [-0.25, -0.2) is 4.79 Å². The Labute approximate surface area is 134 Å². The van der Waals surface area contributed by atoms with E-state index in [1.165, 1.54) is 6.92 Å². The van der Waals surface area contributed by atoms with Gasteiger partial charge in [0.2, 0.25) is 0 Å². The SMILES string of the molecule is C=C1C(=O)O[C@@H]2[C@H]3C(=C)[C@H](O)C[C@H]3[C@](C)(O)C[C@H](OC(C)=O)[C@@H]12. The second-order valence-electron chi connectivity index (χ2n) is 7.09. The van der Waals surface area contributed by atoms with Crippen LogP contribution in [0, 0.1) is 17.8 Å². The number of fused-ring (bicyclic) bond motifs is 3. The maximum Gasteiger partial charge on any atom is 0.334 e. The van der Waals surface area contributed by atoms with Crippen LogP contribution in [0.25, 0.3) is 0 Å². The fourth-order valence-corrected chi connectivity index (χ4v) is 4.45. The number of rotatable bonds is 1. The van der Waals surface area contributed by atoms with E-state index in [1.54, 1.807) is 6.92 Å². The van der Waals surface area contributed by atoms with E-state index >= 15 is 0 Å². The Morgan fingerprint density at radius 1 is 1.39 bits per heavy atom. The zero-order valence-corrected chi connectivity index (χ0v) is 13.3. The summed E-state index contributed by atoms with van der Waals surface area (Å²) < 4.78 is 10.9. The summed E-state index contributed by atoms with van der Waals surface area (Å²) in [5.74, 6) is -2.24. The number of hydrogen-bond acceptors (Lipinski definition) is 6. The summed E-state index contributed by atoms with van der Waals surface area (Å²) in [5.41, 5.74) is -0.384. The van der Waals surface area contributed by atoms with Crippen LogP contribution in [0.5, 0.6) is 0 Å². The molecule has 2 N–H and O–H groups in total. The smallest absolute Gasteiger partial charge is 0.334 e. The molecule has 23 heavy (non-hydrogen) atoms. The lowest BCUT2D eigenvalue weighted by Crippen LogP contribution is -2.40. The monoisotopic (exact) mass is 322 g/mol. The maximum atomic E-state index is 12.0. The van der Waals surface area contributed by atoms with Crippen LogP contribution >= 0.6 is 0 Å².